The Bertz CT molecular complexity index is 2090. The lowest BCUT2D eigenvalue weighted by Gasteiger charge is -2.57. The number of nitrogens with zero attached hydrogens (tertiary/aromatic N) is 2. The molecule has 3 unspecified atom stereocenters. The Hall–Kier alpha value is -5.27. The van der Waals surface area contributed by atoms with Gasteiger partial charge in [0, 0.05) is 21.1 Å². The Morgan fingerprint density at radius 2 is 1.49 bits per heavy atom. The number of amides is 1. The van der Waals surface area contributed by atoms with Crippen LogP contribution < -0.4 is 19.1 Å². The number of methoxy groups -OCH3 is 1. The number of hydrogen-bond donors (Lipinski definition) is 0. The molecule has 1 saturated heterocycles. The van der Waals surface area contributed by atoms with Crippen molar-refractivity contribution in [1.29, 1.82) is 0 Å². The van der Waals surface area contributed by atoms with Crippen molar-refractivity contribution in [2.45, 2.75) is 35.1 Å². The highest BCUT2D eigenvalue weighted by atomic mass is 32.2. The van der Waals surface area contributed by atoms with Gasteiger partial charge in [-0.3, -0.25) is 9.69 Å². The summed E-state index contributed by atoms with van der Waals surface area (Å²) in [5.41, 5.74) is 3.97. The summed E-state index contributed by atoms with van der Waals surface area (Å²) in [7, 11) is 1.66. The highest BCUT2D eigenvalue weighted by Crippen LogP contribution is 2.60. The standard InChI is InChI=1S/C40H32N2O4S/c1-26-17-22-33-27(23-26)24-32(38(41-33)46-31-13-7-4-8-14-31)36-25-40(28-18-20-29(44-2)21-19-28)37(45-30-11-5-3-6-12-30)39(43)42(40)34-15-9-10-16-35(34)47-36/h3-24,36-37H,25H2,1-2H3. The molecule has 8 rings (SSSR count). The summed E-state index contributed by atoms with van der Waals surface area (Å²) in [6, 6.07) is 44.0. The van der Waals surface area contributed by atoms with E-state index in [4.69, 9.17) is 19.2 Å². The molecule has 1 aromatic heterocycles. The molecule has 3 atom stereocenters. The second kappa shape index (κ2) is 11.8. The van der Waals surface area contributed by atoms with Crippen LogP contribution in [0.4, 0.5) is 5.69 Å². The molecule has 5 aromatic carbocycles. The molecule has 0 saturated carbocycles. The van der Waals surface area contributed by atoms with Crippen LogP contribution >= 0.6 is 11.8 Å². The minimum atomic E-state index is -0.838. The molecule has 2 aliphatic heterocycles. The third-order valence-electron chi connectivity index (χ3n) is 9.00. The van der Waals surface area contributed by atoms with Gasteiger partial charge in [-0.25, -0.2) is 4.98 Å². The van der Waals surface area contributed by atoms with Crippen LogP contribution in [-0.4, -0.2) is 24.1 Å². The molecule has 0 spiro atoms. The second-order valence-electron chi connectivity index (χ2n) is 11.9. The minimum absolute atomic E-state index is 0.0774. The lowest BCUT2D eigenvalue weighted by atomic mass is 9.70. The van der Waals surface area contributed by atoms with Gasteiger partial charge in [-0.2, -0.15) is 0 Å². The Morgan fingerprint density at radius 3 is 2.23 bits per heavy atom. The number of aryl methyl sites for hydroxylation is 1. The van der Waals surface area contributed by atoms with Gasteiger partial charge in [-0.05, 0) is 85.6 Å². The lowest BCUT2D eigenvalue weighted by Crippen LogP contribution is -2.74. The number of anilines is 1. The number of β-lactam (4-membered cyclic amide) rings is 1. The second-order valence-corrected chi connectivity index (χ2v) is 13.2. The van der Waals surface area contributed by atoms with Gasteiger partial charge in [-0.15, -0.1) is 11.8 Å². The number of thioether (sulfide) groups is 1. The first-order valence-electron chi connectivity index (χ1n) is 15.6. The van der Waals surface area contributed by atoms with Crippen LogP contribution in [0.2, 0.25) is 0 Å². The maximum absolute atomic E-state index is 14.3. The first-order valence-corrected chi connectivity index (χ1v) is 16.5. The number of ether oxygens (including phenoxy) is 3. The monoisotopic (exact) mass is 636 g/mol. The van der Waals surface area contributed by atoms with Crippen molar-refractivity contribution >= 4 is 34.3 Å². The maximum atomic E-state index is 14.3. The van der Waals surface area contributed by atoms with Crippen molar-refractivity contribution in [3.05, 3.63) is 150 Å². The zero-order chi connectivity index (χ0) is 32.0. The molecular weight excluding hydrogens is 605 g/mol. The van der Waals surface area contributed by atoms with Crippen LogP contribution in [0, 0.1) is 6.92 Å². The van der Waals surface area contributed by atoms with Crippen LogP contribution in [-0.2, 0) is 10.3 Å². The van der Waals surface area contributed by atoms with Crippen LogP contribution in [0.15, 0.2) is 138 Å². The van der Waals surface area contributed by atoms with Crippen molar-refractivity contribution in [2.24, 2.45) is 0 Å². The van der Waals surface area contributed by atoms with Crippen molar-refractivity contribution in [3.63, 3.8) is 0 Å². The van der Waals surface area contributed by atoms with Crippen molar-refractivity contribution < 1.29 is 19.0 Å². The van der Waals surface area contributed by atoms with Gasteiger partial charge in [-0.1, -0.05) is 72.3 Å². The average Bonchev–Trinajstić information content (AvgIpc) is 3.24. The molecule has 6 aromatic rings. The van der Waals surface area contributed by atoms with E-state index < -0.39 is 11.6 Å². The number of carbonyl (C=O) groups is 1. The van der Waals surface area contributed by atoms with E-state index in [9.17, 15) is 4.79 Å². The Labute approximate surface area is 277 Å². The van der Waals surface area contributed by atoms with Crippen molar-refractivity contribution in [3.8, 4) is 23.1 Å². The number of carbonyl (C=O) groups excluding carboxylic acids is 1. The predicted molar refractivity (Wildman–Crippen MR) is 186 cm³/mol. The number of hydrogen-bond acceptors (Lipinski definition) is 6. The van der Waals surface area contributed by atoms with Crippen LogP contribution in [0.3, 0.4) is 0 Å². The molecule has 0 aliphatic carbocycles. The number of rotatable bonds is 7. The molecular formula is C40H32N2O4S. The lowest BCUT2D eigenvalue weighted by molar-refractivity contribution is -0.142. The highest BCUT2D eigenvalue weighted by Gasteiger charge is 2.65. The van der Waals surface area contributed by atoms with E-state index in [0.29, 0.717) is 23.8 Å². The zero-order valence-electron chi connectivity index (χ0n) is 26.0. The fraction of sp³-hybridized carbons (Fsp3) is 0.150. The van der Waals surface area contributed by atoms with Crippen molar-refractivity contribution in [1.82, 2.24) is 4.98 Å². The van der Waals surface area contributed by atoms with Gasteiger partial charge >= 0.3 is 0 Å². The first kappa shape index (κ1) is 29.2. The summed E-state index contributed by atoms with van der Waals surface area (Å²) in [5.74, 6) is 2.58. The number of pyridine rings is 1. The van der Waals surface area contributed by atoms with Crippen LogP contribution in [0.1, 0.15) is 28.4 Å². The Kier molecular flexibility index (Phi) is 7.34. The fourth-order valence-electron chi connectivity index (χ4n) is 6.76. The molecule has 0 radical (unpaired) electrons. The quantitative estimate of drug-likeness (QED) is 0.163. The van der Waals surface area contributed by atoms with Gasteiger partial charge < -0.3 is 14.2 Å². The zero-order valence-corrected chi connectivity index (χ0v) is 26.8. The van der Waals surface area contributed by atoms with E-state index in [1.54, 1.807) is 18.9 Å². The molecule has 47 heavy (non-hydrogen) atoms. The summed E-state index contributed by atoms with van der Waals surface area (Å²) in [6.07, 6.45) is -0.215. The third-order valence-corrected chi connectivity index (χ3v) is 10.3. The third kappa shape index (κ3) is 5.07. The van der Waals surface area contributed by atoms with E-state index in [-0.39, 0.29) is 11.2 Å². The summed E-state index contributed by atoms with van der Waals surface area (Å²) in [6.45, 7) is 2.09. The van der Waals surface area contributed by atoms with Gasteiger partial charge in [0.25, 0.3) is 5.91 Å². The van der Waals surface area contributed by atoms with Crippen molar-refractivity contribution in [2.75, 3.05) is 12.0 Å². The van der Waals surface area contributed by atoms with Gasteiger partial charge in [0.05, 0.1) is 18.3 Å². The number of aromatic nitrogens is 1. The summed E-state index contributed by atoms with van der Waals surface area (Å²) in [5, 5.41) is 0.880. The molecule has 7 heteroatoms. The molecule has 232 valence electrons. The molecule has 0 bridgehead atoms. The van der Waals surface area contributed by atoms with E-state index in [1.807, 2.05) is 102 Å². The van der Waals surface area contributed by atoms with Gasteiger partial charge in [0.15, 0.2) is 0 Å². The SMILES string of the molecule is COc1ccc(C23CC(c4cc5cc(C)ccc5nc4Oc4ccccc4)Sc4ccccc4N2C(=O)C3Oc2ccccc2)cc1. The molecule has 1 fully saturated rings. The summed E-state index contributed by atoms with van der Waals surface area (Å²) < 4.78 is 18.7. The number of para-hydroxylation sites is 3. The number of fused-ring (bicyclic) bond motifs is 4. The van der Waals surface area contributed by atoms with E-state index in [0.717, 1.165) is 43.9 Å². The fourth-order valence-corrected chi connectivity index (χ4v) is 8.14. The normalized spacial score (nSPS) is 20.0. The minimum Gasteiger partial charge on any atom is -0.497 e. The topological polar surface area (TPSA) is 60.9 Å². The Balaban J connectivity index is 1.34. The summed E-state index contributed by atoms with van der Waals surface area (Å²) >= 11 is 1.73. The summed E-state index contributed by atoms with van der Waals surface area (Å²) in [4.78, 5) is 22.4. The van der Waals surface area contributed by atoms with E-state index >= 15 is 0 Å². The largest absolute Gasteiger partial charge is 0.497 e. The molecule has 2 aliphatic rings. The van der Waals surface area contributed by atoms with Gasteiger partial charge in [0.2, 0.25) is 12.0 Å². The molecule has 0 N–H and O–H groups in total. The smallest absolute Gasteiger partial charge is 0.271 e. The average molecular weight is 637 g/mol. The van der Waals surface area contributed by atoms with Crippen LogP contribution in [0.5, 0.6) is 23.1 Å². The van der Waals surface area contributed by atoms with E-state index in [1.165, 1.54) is 0 Å². The maximum Gasteiger partial charge on any atom is 0.271 e. The highest BCUT2D eigenvalue weighted by molar-refractivity contribution is 7.99. The van der Waals surface area contributed by atoms with Gasteiger partial charge in [0.1, 0.15) is 22.8 Å². The Morgan fingerprint density at radius 1 is 0.787 bits per heavy atom. The molecule has 3 heterocycles. The number of benzene rings is 5. The predicted octanol–water partition coefficient (Wildman–Crippen LogP) is 9.27. The molecule has 1 amide bonds. The van der Waals surface area contributed by atoms with E-state index in [2.05, 4.69) is 43.3 Å². The van der Waals surface area contributed by atoms with Crippen LogP contribution in [0.25, 0.3) is 10.9 Å². The molecule has 6 nitrogen and oxygen atoms in total. The first-order chi connectivity index (χ1) is 23.0.